The molecule has 0 radical (unpaired) electrons. The predicted molar refractivity (Wildman–Crippen MR) is 103 cm³/mol. The summed E-state index contributed by atoms with van der Waals surface area (Å²) in [6.45, 7) is 2.27. The SMILES string of the molecule is CCCCCCCCCCCCCCCC(Br)(Br)CC(=O)O. The van der Waals surface area contributed by atoms with E-state index in [4.69, 9.17) is 5.11 Å². The van der Waals surface area contributed by atoms with E-state index >= 15 is 0 Å². The molecule has 0 heterocycles. The topological polar surface area (TPSA) is 37.3 Å². The van der Waals surface area contributed by atoms with Crippen molar-refractivity contribution < 1.29 is 9.90 Å². The van der Waals surface area contributed by atoms with E-state index in [1.54, 1.807) is 0 Å². The van der Waals surface area contributed by atoms with Crippen LogP contribution in [-0.4, -0.2) is 14.3 Å². The number of hydrogen-bond donors (Lipinski definition) is 1. The van der Waals surface area contributed by atoms with E-state index < -0.39 is 9.20 Å². The second-order valence-corrected chi connectivity index (χ2v) is 10.5. The van der Waals surface area contributed by atoms with Crippen molar-refractivity contribution in [3.8, 4) is 0 Å². The highest BCUT2D eigenvalue weighted by Gasteiger charge is 2.25. The Morgan fingerprint density at radius 2 is 1.14 bits per heavy atom. The molecular weight excluding hydrogens is 408 g/mol. The largest absolute Gasteiger partial charge is 0.481 e. The van der Waals surface area contributed by atoms with E-state index in [0.29, 0.717) is 0 Å². The van der Waals surface area contributed by atoms with Gasteiger partial charge in [0.05, 0.1) is 9.65 Å². The molecular formula is C18H34Br2O2. The first-order valence-electron chi connectivity index (χ1n) is 9.07. The van der Waals surface area contributed by atoms with Gasteiger partial charge in [0.25, 0.3) is 0 Å². The van der Waals surface area contributed by atoms with Crippen LogP contribution in [0.2, 0.25) is 0 Å². The molecule has 0 saturated carbocycles. The lowest BCUT2D eigenvalue weighted by Gasteiger charge is -2.17. The first-order valence-corrected chi connectivity index (χ1v) is 10.7. The number of alkyl halides is 2. The molecule has 0 unspecified atom stereocenters. The highest BCUT2D eigenvalue weighted by atomic mass is 79.9. The molecule has 2 nitrogen and oxygen atoms in total. The maximum Gasteiger partial charge on any atom is 0.305 e. The number of carboxylic acids is 1. The van der Waals surface area contributed by atoms with Crippen molar-refractivity contribution in [2.75, 3.05) is 0 Å². The fraction of sp³-hybridized carbons (Fsp3) is 0.944. The Morgan fingerprint density at radius 3 is 1.50 bits per heavy atom. The average Bonchev–Trinajstić information content (AvgIpc) is 2.42. The van der Waals surface area contributed by atoms with Crippen molar-refractivity contribution in [1.29, 1.82) is 0 Å². The monoisotopic (exact) mass is 440 g/mol. The summed E-state index contributed by atoms with van der Waals surface area (Å²) in [6, 6.07) is 0. The van der Waals surface area contributed by atoms with Crippen LogP contribution in [0.15, 0.2) is 0 Å². The van der Waals surface area contributed by atoms with Gasteiger partial charge in [0.1, 0.15) is 0 Å². The second-order valence-electron chi connectivity index (χ2n) is 6.42. The lowest BCUT2D eigenvalue weighted by atomic mass is 10.0. The third kappa shape index (κ3) is 16.8. The van der Waals surface area contributed by atoms with E-state index in [0.717, 1.165) is 12.8 Å². The number of rotatable bonds is 16. The molecule has 0 aromatic heterocycles. The molecule has 0 spiro atoms. The Bertz CT molecular complexity index is 268. The molecule has 0 bridgehead atoms. The third-order valence-corrected chi connectivity index (χ3v) is 5.41. The van der Waals surface area contributed by atoms with Crippen molar-refractivity contribution in [2.24, 2.45) is 0 Å². The molecule has 4 heteroatoms. The van der Waals surface area contributed by atoms with Gasteiger partial charge in [-0.25, -0.2) is 0 Å². The van der Waals surface area contributed by atoms with Gasteiger partial charge in [-0.15, -0.1) is 0 Å². The van der Waals surface area contributed by atoms with Gasteiger partial charge in [-0.2, -0.15) is 0 Å². The van der Waals surface area contributed by atoms with Crippen LogP contribution in [0, 0.1) is 0 Å². The molecule has 132 valence electrons. The molecule has 0 aliphatic rings. The van der Waals surface area contributed by atoms with Gasteiger partial charge < -0.3 is 5.11 Å². The van der Waals surface area contributed by atoms with Crippen LogP contribution in [0.4, 0.5) is 0 Å². The number of halogens is 2. The molecule has 1 N–H and O–H groups in total. The summed E-state index contributed by atoms with van der Waals surface area (Å²) in [7, 11) is 0. The number of unbranched alkanes of at least 4 members (excludes halogenated alkanes) is 12. The van der Waals surface area contributed by atoms with E-state index in [1.165, 1.54) is 77.0 Å². The zero-order valence-electron chi connectivity index (χ0n) is 14.2. The highest BCUT2D eigenvalue weighted by molar-refractivity contribution is 9.25. The highest BCUT2D eigenvalue weighted by Crippen LogP contribution is 2.35. The minimum absolute atomic E-state index is 0.130. The second kappa shape index (κ2) is 15.0. The smallest absolute Gasteiger partial charge is 0.305 e. The molecule has 0 rings (SSSR count). The Balaban J connectivity index is 3.22. The Kier molecular flexibility index (Phi) is 15.3. The zero-order valence-corrected chi connectivity index (χ0v) is 17.4. The van der Waals surface area contributed by atoms with E-state index in [-0.39, 0.29) is 6.42 Å². The quantitative estimate of drug-likeness (QED) is 0.199. The molecule has 0 aromatic rings. The summed E-state index contributed by atoms with van der Waals surface area (Å²) >= 11 is 6.90. The zero-order chi connectivity index (χ0) is 16.7. The first-order chi connectivity index (χ1) is 10.5. The molecule has 0 aliphatic heterocycles. The van der Waals surface area contributed by atoms with Crippen molar-refractivity contribution in [1.82, 2.24) is 0 Å². The molecule has 0 aliphatic carbocycles. The number of aliphatic carboxylic acids is 1. The van der Waals surface area contributed by atoms with Gasteiger partial charge in [-0.05, 0) is 6.42 Å². The summed E-state index contributed by atoms with van der Waals surface area (Å²) in [5.41, 5.74) is 0. The maximum absolute atomic E-state index is 10.7. The Morgan fingerprint density at radius 1 is 0.773 bits per heavy atom. The van der Waals surface area contributed by atoms with E-state index in [1.807, 2.05) is 0 Å². The molecule has 0 amide bonds. The molecule has 0 fully saturated rings. The number of carbonyl (C=O) groups is 1. The summed E-state index contributed by atoms with van der Waals surface area (Å²) in [5.74, 6) is -0.761. The fourth-order valence-electron chi connectivity index (χ4n) is 2.71. The standard InChI is InChI=1S/C18H34Br2O2/c1-2-3-4-5-6-7-8-9-10-11-12-13-14-15-18(19,20)16-17(21)22/h2-16H2,1H3,(H,21,22). The summed E-state index contributed by atoms with van der Waals surface area (Å²) < 4.78 is -0.413. The van der Waals surface area contributed by atoms with E-state index in [9.17, 15) is 4.79 Å². The van der Waals surface area contributed by atoms with Crippen molar-refractivity contribution in [3.63, 3.8) is 0 Å². The molecule has 0 atom stereocenters. The minimum Gasteiger partial charge on any atom is -0.481 e. The normalized spacial score (nSPS) is 11.8. The van der Waals surface area contributed by atoms with Gasteiger partial charge in [0.2, 0.25) is 0 Å². The summed E-state index contributed by atoms with van der Waals surface area (Å²) in [6.07, 6.45) is 18.4. The van der Waals surface area contributed by atoms with Crippen LogP contribution in [0.1, 0.15) is 103 Å². The van der Waals surface area contributed by atoms with Crippen molar-refractivity contribution >= 4 is 37.8 Å². The number of carboxylic acid groups (broad SMARTS) is 1. The van der Waals surface area contributed by atoms with Crippen molar-refractivity contribution in [2.45, 2.75) is 106 Å². The predicted octanol–water partition coefficient (Wildman–Crippen LogP) is 7.43. The molecule has 0 aromatic carbocycles. The van der Waals surface area contributed by atoms with E-state index in [2.05, 4.69) is 38.8 Å². The van der Waals surface area contributed by atoms with Crippen LogP contribution in [0.25, 0.3) is 0 Å². The van der Waals surface area contributed by atoms with Gasteiger partial charge in [0.15, 0.2) is 0 Å². The van der Waals surface area contributed by atoms with Gasteiger partial charge in [-0.1, -0.05) is 122 Å². The maximum atomic E-state index is 10.7. The van der Waals surface area contributed by atoms with Crippen LogP contribution < -0.4 is 0 Å². The Labute approximate surface area is 154 Å². The fourth-order valence-corrected chi connectivity index (χ4v) is 3.75. The van der Waals surface area contributed by atoms with Crippen molar-refractivity contribution in [3.05, 3.63) is 0 Å². The minimum atomic E-state index is -0.761. The van der Waals surface area contributed by atoms with Crippen LogP contribution >= 0.6 is 31.9 Å². The van der Waals surface area contributed by atoms with Crippen LogP contribution in [0.3, 0.4) is 0 Å². The molecule has 0 saturated heterocycles. The lowest BCUT2D eigenvalue weighted by molar-refractivity contribution is -0.137. The van der Waals surface area contributed by atoms with Gasteiger partial charge >= 0.3 is 5.97 Å². The first kappa shape index (κ1) is 22.4. The lowest BCUT2D eigenvalue weighted by Crippen LogP contribution is -2.16. The Hall–Kier alpha value is 0.430. The van der Waals surface area contributed by atoms with Gasteiger partial charge in [0, 0.05) is 0 Å². The van der Waals surface area contributed by atoms with Crippen LogP contribution in [0.5, 0.6) is 0 Å². The average molecular weight is 442 g/mol. The summed E-state index contributed by atoms with van der Waals surface area (Å²) in [5, 5.41) is 8.79. The summed E-state index contributed by atoms with van der Waals surface area (Å²) in [4.78, 5) is 10.7. The number of hydrogen-bond acceptors (Lipinski definition) is 1. The van der Waals surface area contributed by atoms with Gasteiger partial charge in [-0.3, -0.25) is 4.79 Å². The third-order valence-electron chi connectivity index (χ3n) is 4.06. The molecule has 22 heavy (non-hydrogen) atoms. The van der Waals surface area contributed by atoms with Crippen LogP contribution in [-0.2, 0) is 4.79 Å².